The standard InChI is InChI=1S/C16H24N2O2S/c1-13-5-4-8-18(12-13)9-10-21(19,20)16-11-14-6-2-3-7-15(14)17-16/h2-3,6-7,13,16-17H,4-5,8-12H2,1H3. The average Bonchev–Trinajstić information content (AvgIpc) is 2.90. The summed E-state index contributed by atoms with van der Waals surface area (Å²) in [5.41, 5.74) is 2.08. The third-order valence-electron chi connectivity index (χ3n) is 4.61. The number of fused-ring (bicyclic) bond motifs is 1. The van der Waals surface area contributed by atoms with Gasteiger partial charge in [0.25, 0.3) is 0 Å². The molecule has 2 atom stereocenters. The number of nitrogens with one attached hydrogen (secondary N) is 1. The summed E-state index contributed by atoms with van der Waals surface area (Å²) in [6.45, 7) is 4.99. The van der Waals surface area contributed by atoms with Gasteiger partial charge in [0, 0.05) is 25.2 Å². The van der Waals surface area contributed by atoms with Crippen molar-refractivity contribution in [3.05, 3.63) is 29.8 Å². The molecule has 0 bridgehead atoms. The Morgan fingerprint density at radius 3 is 2.90 bits per heavy atom. The number of benzene rings is 1. The van der Waals surface area contributed by atoms with E-state index in [0.29, 0.717) is 18.9 Å². The molecule has 21 heavy (non-hydrogen) atoms. The van der Waals surface area contributed by atoms with E-state index in [4.69, 9.17) is 0 Å². The van der Waals surface area contributed by atoms with Crippen molar-refractivity contribution in [2.45, 2.75) is 31.6 Å². The third-order valence-corrected chi connectivity index (χ3v) is 6.51. The zero-order chi connectivity index (χ0) is 14.9. The van der Waals surface area contributed by atoms with Gasteiger partial charge in [0.1, 0.15) is 5.37 Å². The Morgan fingerprint density at radius 2 is 2.14 bits per heavy atom. The Bertz CT molecular complexity index is 575. The lowest BCUT2D eigenvalue weighted by Crippen LogP contribution is -2.40. The summed E-state index contributed by atoms with van der Waals surface area (Å²) < 4.78 is 25.1. The molecule has 0 saturated carbocycles. The van der Waals surface area contributed by atoms with Crippen LogP contribution in [0.15, 0.2) is 24.3 Å². The molecule has 2 heterocycles. The number of hydrogen-bond donors (Lipinski definition) is 1. The summed E-state index contributed by atoms with van der Waals surface area (Å²) in [5, 5.41) is 2.72. The van der Waals surface area contributed by atoms with Crippen molar-refractivity contribution < 1.29 is 8.42 Å². The van der Waals surface area contributed by atoms with Gasteiger partial charge in [-0.3, -0.25) is 0 Å². The maximum atomic E-state index is 12.5. The van der Waals surface area contributed by atoms with Crippen LogP contribution in [-0.2, 0) is 16.3 Å². The van der Waals surface area contributed by atoms with Gasteiger partial charge in [0.05, 0.1) is 5.75 Å². The zero-order valence-electron chi connectivity index (χ0n) is 12.6. The number of rotatable bonds is 4. The van der Waals surface area contributed by atoms with Gasteiger partial charge in [-0.2, -0.15) is 0 Å². The van der Waals surface area contributed by atoms with Gasteiger partial charge in [-0.05, 0) is 36.9 Å². The smallest absolute Gasteiger partial charge is 0.172 e. The first-order chi connectivity index (χ1) is 10.0. The van der Waals surface area contributed by atoms with Crippen LogP contribution in [0, 0.1) is 5.92 Å². The van der Waals surface area contributed by atoms with Crippen molar-refractivity contribution in [3.63, 3.8) is 0 Å². The first-order valence-corrected chi connectivity index (χ1v) is 9.54. The van der Waals surface area contributed by atoms with Crippen LogP contribution in [0.25, 0.3) is 0 Å². The molecule has 116 valence electrons. The topological polar surface area (TPSA) is 49.4 Å². The van der Waals surface area contributed by atoms with E-state index in [2.05, 4.69) is 17.1 Å². The third kappa shape index (κ3) is 3.40. The largest absolute Gasteiger partial charge is 0.369 e. The number of para-hydroxylation sites is 1. The van der Waals surface area contributed by atoms with E-state index in [9.17, 15) is 8.42 Å². The summed E-state index contributed by atoms with van der Waals surface area (Å²) in [6.07, 6.45) is 3.05. The maximum Gasteiger partial charge on any atom is 0.172 e. The van der Waals surface area contributed by atoms with Crippen LogP contribution in [-0.4, -0.2) is 44.1 Å². The van der Waals surface area contributed by atoms with Gasteiger partial charge >= 0.3 is 0 Å². The highest BCUT2D eigenvalue weighted by atomic mass is 32.2. The molecule has 2 unspecified atom stereocenters. The molecule has 1 fully saturated rings. The Balaban J connectivity index is 1.58. The van der Waals surface area contributed by atoms with Crippen molar-refractivity contribution in [2.24, 2.45) is 5.92 Å². The van der Waals surface area contributed by atoms with Crippen molar-refractivity contribution in [1.82, 2.24) is 4.90 Å². The second-order valence-corrected chi connectivity index (χ2v) is 8.71. The predicted octanol–water partition coefficient (Wildman–Crippen LogP) is 2.13. The van der Waals surface area contributed by atoms with E-state index >= 15 is 0 Å². The molecule has 5 heteroatoms. The Kier molecular flexibility index (Phi) is 4.22. The molecule has 0 radical (unpaired) electrons. The van der Waals surface area contributed by atoms with Crippen LogP contribution in [0.4, 0.5) is 5.69 Å². The lowest BCUT2D eigenvalue weighted by Gasteiger charge is -2.30. The first-order valence-electron chi connectivity index (χ1n) is 7.83. The summed E-state index contributed by atoms with van der Waals surface area (Å²) in [7, 11) is -3.10. The van der Waals surface area contributed by atoms with Gasteiger partial charge in [-0.15, -0.1) is 0 Å². The molecule has 0 aromatic heterocycles. The van der Waals surface area contributed by atoms with E-state index < -0.39 is 15.2 Å². The molecule has 3 rings (SSSR count). The van der Waals surface area contributed by atoms with Crippen LogP contribution in [0.3, 0.4) is 0 Å². The van der Waals surface area contributed by atoms with E-state index in [1.54, 1.807) is 0 Å². The molecule has 1 saturated heterocycles. The Morgan fingerprint density at radius 1 is 1.33 bits per heavy atom. The van der Waals surface area contributed by atoms with E-state index in [1.807, 2.05) is 24.3 Å². The average molecular weight is 308 g/mol. The van der Waals surface area contributed by atoms with Crippen LogP contribution in [0.5, 0.6) is 0 Å². The number of sulfone groups is 1. The molecule has 4 nitrogen and oxygen atoms in total. The molecule has 1 aromatic carbocycles. The monoisotopic (exact) mass is 308 g/mol. The molecule has 0 spiro atoms. The minimum Gasteiger partial charge on any atom is -0.369 e. The van der Waals surface area contributed by atoms with Crippen molar-refractivity contribution >= 4 is 15.5 Å². The van der Waals surface area contributed by atoms with Gasteiger partial charge in [0.2, 0.25) is 0 Å². The number of nitrogens with zero attached hydrogens (tertiary/aromatic N) is 1. The Hall–Kier alpha value is -1.07. The fraction of sp³-hybridized carbons (Fsp3) is 0.625. The molecule has 2 aliphatic heterocycles. The lowest BCUT2D eigenvalue weighted by atomic mass is 10.0. The number of likely N-dealkylation sites (tertiary alicyclic amines) is 1. The minimum atomic E-state index is -3.10. The molecule has 2 aliphatic rings. The summed E-state index contributed by atoms with van der Waals surface area (Å²) in [6, 6.07) is 7.86. The predicted molar refractivity (Wildman–Crippen MR) is 86.2 cm³/mol. The van der Waals surface area contributed by atoms with Crippen molar-refractivity contribution in [3.8, 4) is 0 Å². The highest BCUT2D eigenvalue weighted by Crippen LogP contribution is 2.28. The number of piperidine rings is 1. The zero-order valence-corrected chi connectivity index (χ0v) is 13.4. The summed E-state index contributed by atoms with van der Waals surface area (Å²) in [4.78, 5) is 2.30. The highest BCUT2D eigenvalue weighted by molar-refractivity contribution is 7.92. The molecular weight excluding hydrogens is 284 g/mol. The SMILES string of the molecule is CC1CCCN(CCS(=O)(=O)C2Cc3ccccc3N2)C1. The van der Waals surface area contributed by atoms with Crippen molar-refractivity contribution in [1.29, 1.82) is 0 Å². The van der Waals surface area contributed by atoms with Crippen LogP contribution in [0.2, 0.25) is 0 Å². The second-order valence-electron chi connectivity index (χ2n) is 6.41. The normalized spacial score (nSPS) is 26.3. The lowest BCUT2D eigenvalue weighted by molar-refractivity contribution is 0.193. The summed E-state index contributed by atoms with van der Waals surface area (Å²) >= 11 is 0. The molecular formula is C16H24N2O2S. The molecule has 1 N–H and O–H groups in total. The first kappa shape index (κ1) is 14.9. The van der Waals surface area contributed by atoms with Gasteiger partial charge in [0.15, 0.2) is 9.84 Å². The molecule has 0 amide bonds. The van der Waals surface area contributed by atoms with Gasteiger partial charge in [-0.1, -0.05) is 25.1 Å². The van der Waals surface area contributed by atoms with Crippen LogP contribution in [0.1, 0.15) is 25.3 Å². The van der Waals surface area contributed by atoms with E-state index in [0.717, 1.165) is 24.3 Å². The van der Waals surface area contributed by atoms with Gasteiger partial charge < -0.3 is 10.2 Å². The fourth-order valence-electron chi connectivity index (χ4n) is 3.37. The number of anilines is 1. The minimum absolute atomic E-state index is 0.255. The van der Waals surface area contributed by atoms with E-state index in [-0.39, 0.29) is 5.75 Å². The molecule has 1 aromatic rings. The fourth-order valence-corrected chi connectivity index (χ4v) is 4.91. The molecule has 0 aliphatic carbocycles. The highest BCUT2D eigenvalue weighted by Gasteiger charge is 2.31. The number of hydrogen-bond acceptors (Lipinski definition) is 4. The van der Waals surface area contributed by atoms with Crippen LogP contribution < -0.4 is 5.32 Å². The second kappa shape index (κ2) is 5.97. The maximum absolute atomic E-state index is 12.5. The summed E-state index contributed by atoms with van der Waals surface area (Å²) in [5.74, 6) is 0.945. The van der Waals surface area contributed by atoms with E-state index in [1.165, 1.54) is 12.8 Å². The Labute approximate surface area is 127 Å². The quantitative estimate of drug-likeness (QED) is 0.926. The van der Waals surface area contributed by atoms with Gasteiger partial charge in [-0.25, -0.2) is 8.42 Å². The van der Waals surface area contributed by atoms with Crippen LogP contribution >= 0.6 is 0 Å². The van der Waals surface area contributed by atoms with Crippen molar-refractivity contribution in [2.75, 3.05) is 30.7 Å².